The number of aryl methyl sites for hydroxylation is 1. The Bertz CT molecular complexity index is 1060. The molecule has 0 aliphatic heterocycles. The number of carbonyl (C=O) groups is 2. The van der Waals surface area contributed by atoms with Crippen LogP contribution in [-0.4, -0.2) is 34.1 Å². The van der Waals surface area contributed by atoms with E-state index in [-0.39, 0.29) is 11.7 Å². The third kappa shape index (κ3) is 3.72. The van der Waals surface area contributed by atoms with Crippen LogP contribution in [0.15, 0.2) is 23.4 Å². The second kappa shape index (κ2) is 7.84. The summed E-state index contributed by atoms with van der Waals surface area (Å²) < 4.78 is 5.49. The average molecular weight is 417 g/mol. The number of benzene rings is 1. The van der Waals surface area contributed by atoms with E-state index < -0.39 is 5.91 Å². The SMILES string of the molecule is CCOc1ccc2nc(SCC(=O)Nc3sc4c(c3C(N)=O)CCC4)[nH]c2c1. The number of aromatic amines is 1. The van der Waals surface area contributed by atoms with Gasteiger partial charge in [0.25, 0.3) is 5.91 Å². The average Bonchev–Trinajstić information content (AvgIpc) is 3.33. The minimum atomic E-state index is -0.482. The third-order valence-electron chi connectivity index (χ3n) is 4.50. The molecular formula is C19H20N4O3S2. The Balaban J connectivity index is 1.42. The molecule has 0 saturated heterocycles. The zero-order chi connectivity index (χ0) is 19.7. The number of hydrogen-bond donors (Lipinski definition) is 3. The molecule has 2 amide bonds. The van der Waals surface area contributed by atoms with Gasteiger partial charge in [-0.15, -0.1) is 11.3 Å². The first-order valence-corrected chi connectivity index (χ1v) is 10.8. The van der Waals surface area contributed by atoms with Gasteiger partial charge in [-0.3, -0.25) is 9.59 Å². The monoisotopic (exact) mass is 416 g/mol. The minimum Gasteiger partial charge on any atom is -0.494 e. The van der Waals surface area contributed by atoms with Gasteiger partial charge in [-0.05, 0) is 43.9 Å². The topological polar surface area (TPSA) is 110 Å². The van der Waals surface area contributed by atoms with Gasteiger partial charge in [-0.25, -0.2) is 4.98 Å². The predicted octanol–water partition coefficient (Wildman–Crippen LogP) is 3.34. The fourth-order valence-electron chi connectivity index (χ4n) is 3.34. The smallest absolute Gasteiger partial charge is 0.251 e. The summed E-state index contributed by atoms with van der Waals surface area (Å²) >= 11 is 2.76. The van der Waals surface area contributed by atoms with Crippen molar-refractivity contribution in [3.63, 3.8) is 0 Å². The second-order valence-electron chi connectivity index (χ2n) is 6.42. The standard InChI is InChI=1S/C19H20N4O3S2/c1-2-26-10-6-7-12-13(8-10)22-19(21-12)27-9-15(24)23-18-16(17(20)25)11-4-3-5-14(11)28-18/h6-8H,2-5,9H2,1H3,(H2,20,25)(H,21,22)(H,23,24). The number of carbonyl (C=O) groups excluding carboxylic acids is 2. The van der Waals surface area contributed by atoms with E-state index in [1.807, 2.05) is 25.1 Å². The van der Waals surface area contributed by atoms with Crippen molar-refractivity contribution in [2.75, 3.05) is 17.7 Å². The normalized spacial score (nSPS) is 12.9. The van der Waals surface area contributed by atoms with Gasteiger partial charge in [0.2, 0.25) is 5.91 Å². The molecule has 0 spiro atoms. The number of amides is 2. The van der Waals surface area contributed by atoms with E-state index >= 15 is 0 Å². The number of ether oxygens (including phenoxy) is 1. The Morgan fingerprint density at radius 1 is 1.39 bits per heavy atom. The van der Waals surface area contributed by atoms with Crippen LogP contribution in [0.5, 0.6) is 5.75 Å². The molecule has 0 radical (unpaired) electrons. The van der Waals surface area contributed by atoms with Gasteiger partial charge in [-0.1, -0.05) is 11.8 Å². The molecule has 146 valence electrons. The Kier molecular flexibility index (Phi) is 5.27. The maximum atomic E-state index is 12.4. The first-order chi connectivity index (χ1) is 13.5. The number of thioether (sulfide) groups is 1. The molecule has 3 aromatic rings. The van der Waals surface area contributed by atoms with Crippen LogP contribution in [0.2, 0.25) is 0 Å². The lowest BCUT2D eigenvalue weighted by atomic mass is 10.1. The number of imidazole rings is 1. The van der Waals surface area contributed by atoms with E-state index in [0.29, 0.717) is 22.3 Å². The zero-order valence-corrected chi connectivity index (χ0v) is 17.0. The fraction of sp³-hybridized carbons (Fsp3) is 0.316. The second-order valence-corrected chi connectivity index (χ2v) is 8.49. The Morgan fingerprint density at radius 3 is 3.04 bits per heavy atom. The van der Waals surface area contributed by atoms with Crippen LogP contribution in [-0.2, 0) is 17.6 Å². The highest BCUT2D eigenvalue weighted by atomic mass is 32.2. The first-order valence-electron chi connectivity index (χ1n) is 9.04. The van der Waals surface area contributed by atoms with E-state index in [9.17, 15) is 9.59 Å². The van der Waals surface area contributed by atoms with Crippen LogP contribution in [0, 0.1) is 0 Å². The summed E-state index contributed by atoms with van der Waals surface area (Å²) in [6, 6.07) is 5.64. The molecule has 1 aromatic carbocycles. The summed E-state index contributed by atoms with van der Waals surface area (Å²) in [6.45, 7) is 2.53. The van der Waals surface area contributed by atoms with Crippen LogP contribution in [0.1, 0.15) is 34.1 Å². The molecule has 28 heavy (non-hydrogen) atoms. The van der Waals surface area contributed by atoms with Crippen molar-refractivity contribution < 1.29 is 14.3 Å². The minimum absolute atomic E-state index is 0.179. The van der Waals surface area contributed by atoms with Crippen molar-refractivity contribution >= 4 is 50.9 Å². The lowest BCUT2D eigenvalue weighted by Gasteiger charge is -2.05. The van der Waals surface area contributed by atoms with Crippen molar-refractivity contribution in [1.29, 1.82) is 0 Å². The number of thiophene rings is 1. The first kappa shape index (κ1) is 18.8. The quantitative estimate of drug-likeness (QED) is 0.512. The summed E-state index contributed by atoms with van der Waals surface area (Å²) in [5.74, 6) is 0.282. The number of primary amides is 1. The number of fused-ring (bicyclic) bond motifs is 2. The Morgan fingerprint density at radius 2 is 2.25 bits per heavy atom. The van der Waals surface area contributed by atoms with Gasteiger partial charge >= 0.3 is 0 Å². The van der Waals surface area contributed by atoms with Crippen molar-refractivity contribution in [1.82, 2.24) is 9.97 Å². The molecule has 0 bridgehead atoms. The zero-order valence-electron chi connectivity index (χ0n) is 15.3. The van der Waals surface area contributed by atoms with Gasteiger partial charge in [0.15, 0.2) is 5.16 Å². The van der Waals surface area contributed by atoms with Gasteiger partial charge in [0.05, 0.1) is 29.0 Å². The summed E-state index contributed by atoms with van der Waals surface area (Å²) in [6.07, 6.45) is 2.81. The summed E-state index contributed by atoms with van der Waals surface area (Å²) in [5.41, 5.74) is 8.69. The summed E-state index contributed by atoms with van der Waals surface area (Å²) in [4.78, 5) is 33.1. The van der Waals surface area contributed by atoms with Gasteiger partial charge in [0, 0.05) is 10.9 Å². The number of H-pyrrole nitrogens is 1. The van der Waals surface area contributed by atoms with E-state index in [0.717, 1.165) is 46.5 Å². The Hall–Kier alpha value is -2.52. The molecule has 0 unspecified atom stereocenters. The molecule has 1 aliphatic carbocycles. The molecule has 0 saturated carbocycles. The highest BCUT2D eigenvalue weighted by Gasteiger charge is 2.26. The number of nitrogens with zero attached hydrogens (tertiary/aromatic N) is 1. The van der Waals surface area contributed by atoms with Gasteiger partial charge in [-0.2, -0.15) is 0 Å². The van der Waals surface area contributed by atoms with E-state index in [2.05, 4.69) is 15.3 Å². The number of aromatic nitrogens is 2. The number of nitrogens with two attached hydrogens (primary N) is 1. The molecule has 4 N–H and O–H groups in total. The Labute approximate surface area is 170 Å². The van der Waals surface area contributed by atoms with Crippen molar-refractivity contribution in [2.24, 2.45) is 5.73 Å². The van der Waals surface area contributed by atoms with Crippen LogP contribution in [0.3, 0.4) is 0 Å². The van der Waals surface area contributed by atoms with E-state index in [4.69, 9.17) is 10.5 Å². The molecule has 4 rings (SSSR count). The predicted molar refractivity (Wildman–Crippen MR) is 111 cm³/mol. The maximum Gasteiger partial charge on any atom is 0.251 e. The molecule has 0 fully saturated rings. The molecule has 0 atom stereocenters. The van der Waals surface area contributed by atoms with Crippen LogP contribution < -0.4 is 15.8 Å². The van der Waals surface area contributed by atoms with Crippen molar-refractivity contribution in [2.45, 2.75) is 31.3 Å². The highest BCUT2D eigenvalue weighted by molar-refractivity contribution is 7.99. The molecule has 1 aliphatic rings. The van der Waals surface area contributed by atoms with Gasteiger partial charge < -0.3 is 20.8 Å². The molecule has 7 nitrogen and oxygen atoms in total. The largest absolute Gasteiger partial charge is 0.494 e. The number of rotatable bonds is 7. The third-order valence-corrected chi connectivity index (χ3v) is 6.58. The maximum absolute atomic E-state index is 12.4. The van der Waals surface area contributed by atoms with Crippen LogP contribution >= 0.6 is 23.1 Å². The molecular weight excluding hydrogens is 396 g/mol. The lowest BCUT2D eigenvalue weighted by molar-refractivity contribution is -0.113. The van der Waals surface area contributed by atoms with Crippen molar-refractivity contribution in [3.8, 4) is 5.75 Å². The van der Waals surface area contributed by atoms with Crippen LogP contribution in [0.25, 0.3) is 11.0 Å². The number of anilines is 1. The van der Waals surface area contributed by atoms with Crippen molar-refractivity contribution in [3.05, 3.63) is 34.2 Å². The van der Waals surface area contributed by atoms with E-state index in [1.165, 1.54) is 23.1 Å². The lowest BCUT2D eigenvalue weighted by Crippen LogP contribution is -2.18. The van der Waals surface area contributed by atoms with Crippen LogP contribution in [0.4, 0.5) is 5.00 Å². The number of nitrogens with one attached hydrogen (secondary N) is 2. The molecule has 2 aromatic heterocycles. The molecule has 2 heterocycles. The summed E-state index contributed by atoms with van der Waals surface area (Å²) in [7, 11) is 0. The van der Waals surface area contributed by atoms with E-state index in [1.54, 1.807) is 0 Å². The number of hydrogen-bond acceptors (Lipinski definition) is 6. The highest BCUT2D eigenvalue weighted by Crippen LogP contribution is 2.39. The fourth-order valence-corrected chi connectivity index (χ4v) is 5.34. The molecule has 9 heteroatoms. The van der Waals surface area contributed by atoms with Gasteiger partial charge in [0.1, 0.15) is 10.8 Å². The summed E-state index contributed by atoms with van der Waals surface area (Å²) in [5, 5.41) is 4.07.